The number of hydrogen-bond donors (Lipinski definition) is 3. The highest BCUT2D eigenvalue weighted by molar-refractivity contribution is 6.01. The van der Waals surface area contributed by atoms with Crippen molar-refractivity contribution in [3.63, 3.8) is 0 Å². The number of halogens is 2. The lowest BCUT2D eigenvalue weighted by Gasteiger charge is -2.35. The molecule has 0 spiro atoms. The number of carbonyl (C=O) groups excluding carboxylic acids is 3. The van der Waals surface area contributed by atoms with E-state index in [1.807, 2.05) is 34.1 Å². The van der Waals surface area contributed by atoms with Gasteiger partial charge in [-0.15, -0.1) is 0 Å². The third kappa shape index (κ3) is 10.5. The summed E-state index contributed by atoms with van der Waals surface area (Å²) < 4.78 is 34.5. The minimum Gasteiger partial charge on any atom is -0.378 e. The van der Waals surface area contributed by atoms with Crippen molar-refractivity contribution in [2.75, 3.05) is 93.1 Å². The number of rotatable bonds is 8. The Morgan fingerprint density at radius 2 is 1.58 bits per heavy atom. The van der Waals surface area contributed by atoms with Crippen LogP contribution >= 0.6 is 0 Å². The first kappa shape index (κ1) is 40.3. The summed E-state index contributed by atoms with van der Waals surface area (Å²) >= 11 is 0. The first-order chi connectivity index (χ1) is 27.7. The number of piperidine rings is 2. The second-order valence-electron chi connectivity index (χ2n) is 15.7. The number of piperazine rings is 1. The molecule has 5 fully saturated rings. The average molecular weight is 788 g/mol. The van der Waals surface area contributed by atoms with Crippen LogP contribution in [-0.4, -0.2) is 122 Å². The number of imide groups is 1. The molecule has 3 aromatic rings. The Balaban J connectivity index is 0.000000188. The number of amides is 3. The number of anilines is 4. The van der Waals surface area contributed by atoms with Gasteiger partial charge in [-0.1, -0.05) is 31.4 Å². The van der Waals surface area contributed by atoms with E-state index in [-0.39, 0.29) is 29.6 Å². The summed E-state index contributed by atoms with van der Waals surface area (Å²) in [6, 6.07) is 12.5. The highest BCUT2D eigenvalue weighted by Gasteiger charge is 2.30. The molecule has 15 heteroatoms. The zero-order valence-corrected chi connectivity index (χ0v) is 32.9. The van der Waals surface area contributed by atoms with Crippen LogP contribution in [0, 0.1) is 17.6 Å². The Morgan fingerprint density at radius 1 is 0.825 bits per heavy atom. The summed E-state index contributed by atoms with van der Waals surface area (Å²) in [6.07, 6.45) is 9.34. The molecule has 57 heavy (non-hydrogen) atoms. The van der Waals surface area contributed by atoms with Gasteiger partial charge in [-0.25, -0.2) is 18.7 Å². The first-order valence-electron chi connectivity index (χ1n) is 20.5. The summed E-state index contributed by atoms with van der Waals surface area (Å²) in [5.41, 5.74) is 3.22. The number of likely N-dealkylation sites (N-methyl/N-ethyl adjacent to an activating group) is 1. The largest absolute Gasteiger partial charge is 0.378 e. The van der Waals surface area contributed by atoms with E-state index in [0.717, 1.165) is 89.3 Å². The fraction of sp³-hybridized carbons (Fsp3) is 0.548. The normalized spacial score (nSPS) is 21.4. The molecule has 5 heterocycles. The summed E-state index contributed by atoms with van der Waals surface area (Å²) in [5, 5.41) is 8.66. The molecule has 0 radical (unpaired) electrons. The van der Waals surface area contributed by atoms with Crippen molar-refractivity contribution in [2.45, 2.75) is 69.9 Å². The maximum atomic E-state index is 14.7. The zero-order chi connectivity index (χ0) is 39.7. The molecule has 1 unspecified atom stereocenters. The van der Waals surface area contributed by atoms with E-state index in [1.54, 1.807) is 12.1 Å². The Hall–Kier alpha value is -4.89. The minimum absolute atomic E-state index is 0.174. The van der Waals surface area contributed by atoms with Gasteiger partial charge in [0.2, 0.25) is 23.7 Å². The van der Waals surface area contributed by atoms with Gasteiger partial charge in [0.25, 0.3) is 0 Å². The molecule has 1 aliphatic carbocycles. The lowest BCUT2D eigenvalue weighted by Crippen LogP contribution is -2.47. The van der Waals surface area contributed by atoms with Crippen molar-refractivity contribution in [1.82, 2.24) is 25.1 Å². The van der Waals surface area contributed by atoms with Gasteiger partial charge in [0.15, 0.2) is 5.82 Å². The van der Waals surface area contributed by atoms with Crippen LogP contribution in [0.2, 0.25) is 0 Å². The molecule has 3 N–H and O–H groups in total. The lowest BCUT2D eigenvalue weighted by atomic mass is 9.87. The van der Waals surface area contributed by atoms with Crippen LogP contribution in [0.4, 0.5) is 31.8 Å². The van der Waals surface area contributed by atoms with Crippen molar-refractivity contribution < 1.29 is 27.9 Å². The molecule has 1 atom stereocenters. The van der Waals surface area contributed by atoms with Crippen molar-refractivity contribution in [1.29, 1.82) is 0 Å². The van der Waals surface area contributed by atoms with Crippen molar-refractivity contribution in [3.8, 4) is 11.3 Å². The van der Waals surface area contributed by atoms with Gasteiger partial charge in [0, 0.05) is 87.7 Å². The van der Waals surface area contributed by atoms with E-state index in [1.165, 1.54) is 31.5 Å². The smallest absolute Gasteiger partial charge is 0.249 e. The molecule has 13 nitrogen and oxygen atoms in total. The summed E-state index contributed by atoms with van der Waals surface area (Å²) in [6.45, 7) is 7.97. The van der Waals surface area contributed by atoms with Gasteiger partial charge >= 0.3 is 0 Å². The number of benzene rings is 2. The van der Waals surface area contributed by atoms with Crippen LogP contribution in [0.5, 0.6) is 0 Å². The van der Waals surface area contributed by atoms with Crippen LogP contribution in [-0.2, 0) is 19.1 Å². The maximum absolute atomic E-state index is 14.7. The number of morpholine rings is 1. The number of aromatic nitrogens is 2. The van der Waals surface area contributed by atoms with Crippen LogP contribution in [0.3, 0.4) is 0 Å². The van der Waals surface area contributed by atoms with E-state index >= 15 is 0 Å². The van der Waals surface area contributed by atoms with Crippen LogP contribution in [0.1, 0.15) is 57.8 Å². The summed E-state index contributed by atoms with van der Waals surface area (Å²) in [5.74, 6) is -0.364. The van der Waals surface area contributed by atoms with E-state index in [9.17, 15) is 23.2 Å². The topological polar surface area (TPSA) is 135 Å². The molecule has 3 amide bonds. The number of likely N-dealkylation sites (tertiary alicyclic amines) is 1. The molecule has 5 aliphatic rings. The molecule has 4 saturated heterocycles. The second-order valence-corrected chi connectivity index (χ2v) is 15.7. The Morgan fingerprint density at radius 3 is 2.30 bits per heavy atom. The number of nitrogens with one attached hydrogen (secondary N) is 3. The van der Waals surface area contributed by atoms with Gasteiger partial charge < -0.3 is 35.0 Å². The number of ether oxygens (including phenoxy) is 1. The third-order valence-electron chi connectivity index (χ3n) is 11.7. The fourth-order valence-electron chi connectivity index (χ4n) is 8.28. The van der Waals surface area contributed by atoms with Gasteiger partial charge in [-0.05, 0) is 69.5 Å². The lowest BCUT2D eigenvalue weighted by molar-refractivity contribution is -0.137. The highest BCUT2D eigenvalue weighted by atomic mass is 19.1. The predicted molar refractivity (Wildman–Crippen MR) is 216 cm³/mol. The van der Waals surface area contributed by atoms with Gasteiger partial charge in [-0.2, -0.15) is 0 Å². The summed E-state index contributed by atoms with van der Waals surface area (Å²) in [7, 11) is 2.06. The van der Waals surface area contributed by atoms with E-state index in [4.69, 9.17) is 4.74 Å². The molecule has 4 aliphatic heterocycles. The molecular weight excluding hydrogens is 733 g/mol. The third-order valence-corrected chi connectivity index (χ3v) is 11.7. The molecule has 0 bridgehead atoms. The Kier molecular flexibility index (Phi) is 13.5. The average Bonchev–Trinajstić information content (AvgIpc) is 3.24. The van der Waals surface area contributed by atoms with Crippen molar-refractivity contribution in [3.05, 3.63) is 60.3 Å². The number of nitrogens with zero attached hydrogens (tertiary/aromatic N) is 6. The molecule has 2 aromatic carbocycles. The minimum atomic E-state index is -0.499. The highest BCUT2D eigenvalue weighted by Crippen LogP contribution is 2.29. The molecule has 1 aromatic heterocycles. The van der Waals surface area contributed by atoms with Gasteiger partial charge in [-0.3, -0.25) is 19.7 Å². The predicted octanol–water partition coefficient (Wildman–Crippen LogP) is 4.90. The first-order valence-corrected chi connectivity index (χ1v) is 20.5. The van der Waals surface area contributed by atoms with Crippen molar-refractivity contribution >= 4 is 40.7 Å². The van der Waals surface area contributed by atoms with Gasteiger partial charge in [0.05, 0.1) is 25.1 Å². The number of hydrogen-bond acceptors (Lipinski definition) is 11. The molecule has 306 valence electrons. The van der Waals surface area contributed by atoms with E-state index < -0.39 is 11.9 Å². The van der Waals surface area contributed by atoms with Crippen LogP contribution in [0.25, 0.3) is 11.3 Å². The second kappa shape index (κ2) is 19.0. The Bertz CT molecular complexity index is 1860. The van der Waals surface area contributed by atoms with E-state index in [2.05, 4.69) is 42.8 Å². The SMILES string of the molecule is CN1CCN(c2ccc(NC3CCC(=O)NC3=O)cc2F)CC1.O=C(C1CCCCC1)N1CCC(Nc2ncc(F)c(-c3cccc(N4CCOCC4)c3)n2)CC1. The van der Waals surface area contributed by atoms with E-state index in [0.29, 0.717) is 55.0 Å². The fourth-order valence-corrected chi connectivity index (χ4v) is 8.28. The van der Waals surface area contributed by atoms with Crippen molar-refractivity contribution in [2.24, 2.45) is 5.92 Å². The monoisotopic (exact) mass is 787 g/mol. The summed E-state index contributed by atoms with van der Waals surface area (Å²) in [4.78, 5) is 53.0. The molecule has 8 rings (SSSR count). The van der Waals surface area contributed by atoms with Gasteiger partial charge in [0.1, 0.15) is 17.6 Å². The maximum Gasteiger partial charge on any atom is 0.249 e. The molecular formula is C42H55F2N9O4. The van der Waals surface area contributed by atoms with Crippen LogP contribution in [0.15, 0.2) is 48.7 Å². The number of carbonyl (C=O) groups is 3. The molecule has 1 saturated carbocycles. The standard InChI is InChI=1S/C26H34FN5O2.C16H21FN4O2/c27-23-18-28-26(29-21-9-11-32(12-10-21)25(33)19-5-2-1-3-6-19)30-24(23)20-7-4-8-22(17-20)31-13-15-34-16-14-31;1-20-6-8-21(9-7-20)14-4-2-11(10-12(14)17)18-13-3-5-15(22)19-16(13)23/h4,7-8,17-19,21H,1-3,5-6,9-16H2,(H,28,29,30);2,4,10,13,18H,3,5-9H2,1H3,(H,19,22,23). The quantitative estimate of drug-likeness (QED) is 0.270. The zero-order valence-electron chi connectivity index (χ0n) is 32.9. The Labute approximate surface area is 333 Å². The van der Waals surface area contributed by atoms with Crippen LogP contribution < -0.4 is 25.8 Å².